The Morgan fingerprint density at radius 2 is 2.00 bits per heavy atom. The fraction of sp³-hybridized carbons (Fsp3) is 0.333. The van der Waals surface area contributed by atoms with Crippen LogP contribution in [0.4, 0.5) is 0 Å². The van der Waals surface area contributed by atoms with Gasteiger partial charge < -0.3 is 4.74 Å². The molecule has 0 aromatic heterocycles. The van der Waals surface area contributed by atoms with E-state index >= 15 is 0 Å². The van der Waals surface area contributed by atoms with E-state index in [1.807, 2.05) is 0 Å². The zero-order chi connectivity index (χ0) is 15.0. The van der Waals surface area contributed by atoms with E-state index in [1.165, 1.54) is 16.7 Å². The van der Waals surface area contributed by atoms with Gasteiger partial charge in [-0.2, -0.15) is 0 Å². The van der Waals surface area contributed by atoms with Crippen molar-refractivity contribution in [1.82, 2.24) is 0 Å². The number of ether oxygens (including phenoxy) is 1. The number of alkyl halides is 1. The fourth-order valence-corrected chi connectivity index (χ4v) is 3.83. The lowest BCUT2D eigenvalue weighted by molar-refractivity contribution is 0.291. The molecule has 3 rings (SSSR count). The van der Waals surface area contributed by atoms with Crippen molar-refractivity contribution in [3.8, 4) is 5.75 Å². The minimum absolute atomic E-state index is 0.105. The lowest BCUT2D eigenvalue weighted by Crippen LogP contribution is -2.18. The minimum atomic E-state index is 0.105. The molecule has 0 radical (unpaired) electrons. The molecule has 2 aromatic carbocycles. The van der Waals surface area contributed by atoms with Gasteiger partial charge in [0, 0.05) is 20.3 Å². The van der Waals surface area contributed by atoms with Crippen molar-refractivity contribution in [3.05, 3.63) is 63.6 Å². The number of rotatable bonds is 3. The number of fused-ring (bicyclic) bond motifs is 1. The highest BCUT2D eigenvalue weighted by atomic mass is 79.9. The molecule has 2 aromatic rings. The second-order valence-electron chi connectivity index (χ2n) is 6.23. The molecule has 0 saturated carbocycles. The number of halogens is 2. The summed E-state index contributed by atoms with van der Waals surface area (Å²) in [6.45, 7) is 5.24. The molecule has 0 amide bonds. The predicted molar refractivity (Wildman–Crippen MR) is 94.5 cm³/mol. The van der Waals surface area contributed by atoms with Gasteiger partial charge >= 0.3 is 0 Å². The van der Waals surface area contributed by atoms with Crippen LogP contribution < -0.4 is 4.74 Å². The summed E-state index contributed by atoms with van der Waals surface area (Å²) in [4.78, 5) is 0.313. The van der Waals surface area contributed by atoms with Crippen molar-refractivity contribution in [1.29, 1.82) is 0 Å². The topological polar surface area (TPSA) is 9.23 Å². The Morgan fingerprint density at radius 3 is 2.76 bits per heavy atom. The zero-order valence-electron chi connectivity index (χ0n) is 12.2. The highest BCUT2D eigenvalue weighted by Crippen LogP contribution is 2.41. The van der Waals surface area contributed by atoms with Crippen LogP contribution in [0.15, 0.2) is 46.9 Å². The van der Waals surface area contributed by atoms with Crippen LogP contribution >= 0.6 is 31.9 Å². The summed E-state index contributed by atoms with van der Waals surface area (Å²) in [5.41, 5.74) is 4.06. The molecular weight excluding hydrogens is 392 g/mol. The molecule has 21 heavy (non-hydrogen) atoms. The summed E-state index contributed by atoms with van der Waals surface area (Å²) < 4.78 is 6.89. The fourth-order valence-electron chi connectivity index (χ4n) is 2.72. The third-order valence-electron chi connectivity index (χ3n) is 3.99. The Morgan fingerprint density at radius 1 is 1.19 bits per heavy atom. The van der Waals surface area contributed by atoms with Crippen LogP contribution in [0.1, 0.15) is 35.4 Å². The Balaban J connectivity index is 1.84. The average molecular weight is 410 g/mol. The second-order valence-corrected chi connectivity index (χ2v) is 8.25. The maximum atomic E-state index is 5.76. The Hall–Kier alpha value is -0.800. The monoisotopic (exact) mass is 408 g/mol. The summed E-state index contributed by atoms with van der Waals surface area (Å²) in [6.07, 6.45) is 0.972. The normalized spacial score (nSPS) is 17.1. The summed E-state index contributed by atoms with van der Waals surface area (Å²) in [5, 5.41) is 0. The van der Waals surface area contributed by atoms with E-state index in [0.717, 1.165) is 23.2 Å². The first-order valence-corrected chi connectivity index (χ1v) is 8.82. The van der Waals surface area contributed by atoms with Crippen molar-refractivity contribution in [2.75, 3.05) is 6.61 Å². The first-order valence-electron chi connectivity index (χ1n) is 7.11. The quantitative estimate of drug-likeness (QED) is 0.582. The highest BCUT2D eigenvalue weighted by molar-refractivity contribution is 9.10. The molecule has 1 aliphatic rings. The lowest BCUT2D eigenvalue weighted by Gasteiger charge is -2.17. The Kier molecular flexibility index (Phi) is 4.15. The average Bonchev–Trinajstić information content (AvgIpc) is 2.74. The smallest absolute Gasteiger partial charge is 0.123 e. The predicted octanol–water partition coefficient (Wildman–Crippen LogP) is 5.80. The first-order chi connectivity index (χ1) is 9.95. The third kappa shape index (κ3) is 3.19. The van der Waals surface area contributed by atoms with Crippen LogP contribution in [-0.4, -0.2) is 6.61 Å². The van der Waals surface area contributed by atoms with Gasteiger partial charge in [-0.05, 0) is 35.7 Å². The van der Waals surface area contributed by atoms with E-state index in [0.29, 0.717) is 4.83 Å². The largest absolute Gasteiger partial charge is 0.492 e. The van der Waals surface area contributed by atoms with Gasteiger partial charge in [0.1, 0.15) is 5.75 Å². The molecule has 1 nitrogen and oxygen atoms in total. The van der Waals surface area contributed by atoms with Crippen LogP contribution in [0.5, 0.6) is 5.75 Å². The second kappa shape index (κ2) is 5.77. The summed E-state index contributed by atoms with van der Waals surface area (Å²) in [6, 6.07) is 15.0. The van der Waals surface area contributed by atoms with Gasteiger partial charge in [0.25, 0.3) is 0 Å². The van der Waals surface area contributed by atoms with Crippen molar-refractivity contribution >= 4 is 31.9 Å². The minimum Gasteiger partial charge on any atom is -0.492 e. The van der Waals surface area contributed by atoms with Crippen LogP contribution in [0, 0.1) is 0 Å². The van der Waals surface area contributed by atoms with Gasteiger partial charge in [0.05, 0.1) is 6.61 Å². The molecule has 0 spiro atoms. The lowest BCUT2D eigenvalue weighted by atomic mass is 9.85. The molecule has 1 heterocycles. The molecule has 3 heteroatoms. The Bertz CT molecular complexity index is 664. The zero-order valence-corrected chi connectivity index (χ0v) is 15.4. The molecule has 1 atom stereocenters. The van der Waals surface area contributed by atoms with Crippen LogP contribution in [-0.2, 0) is 11.8 Å². The Labute approximate surface area is 143 Å². The molecule has 0 fully saturated rings. The SMILES string of the molecule is CC1(C)COc2ccc(C(Br)Cc3cccc(Br)c3)cc21. The highest BCUT2D eigenvalue weighted by Gasteiger charge is 2.32. The molecule has 0 N–H and O–H groups in total. The first kappa shape index (κ1) is 15.1. The number of hydrogen-bond donors (Lipinski definition) is 0. The molecule has 0 aliphatic carbocycles. The number of hydrogen-bond acceptors (Lipinski definition) is 1. The summed E-state index contributed by atoms with van der Waals surface area (Å²) >= 11 is 7.37. The van der Waals surface area contributed by atoms with E-state index in [1.54, 1.807) is 0 Å². The summed E-state index contributed by atoms with van der Waals surface area (Å²) in [5.74, 6) is 1.03. The maximum absolute atomic E-state index is 5.76. The van der Waals surface area contributed by atoms with Gasteiger partial charge in [-0.25, -0.2) is 0 Å². The van der Waals surface area contributed by atoms with Crippen LogP contribution in [0.3, 0.4) is 0 Å². The van der Waals surface area contributed by atoms with Crippen molar-refractivity contribution in [2.24, 2.45) is 0 Å². The third-order valence-corrected chi connectivity index (χ3v) is 5.33. The van der Waals surface area contributed by atoms with Gasteiger partial charge in [0.15, 0.2) is 0 Å². The van der Waals surface area contributed by atoms with Gasteiger partial charge in [-0.1, -0.05) is 70.0 Å². The van der Waals surface area contributed by atoms with E-state index in [4.69, 9.17) is 4.74 Å². The van der Waals surface area contributed by atoms with E-state index in [9.17, 15) is 0 Å². The molecule has 0 saturated heterocycles. The van der Waals surface area contributed by atoms with Crippen molar-refractivity contribution in [3.63, 3.8) is 0 Å². The standard InChI is InChI=1S/C18H18Br2O/c1-18(2)11-21-17-7-6-13(10-15(17)18)16(20)9-12-4-3-5-14(19)8-12/h3-8,10,16H,9,11H2,1-2H3. The van der Waals surface area contributed by atoms with Crippen LogP contribution in [0.2, 0.25) is 0 Å². The van der Waals surface area contributed by atoms with Crippen LogP contribution in [0.25, 0.3) is 0 Å². The van der Waals surface area contributed by atoms with Crippen molar-refractivity contribution < 1.29 is 4.74 Å². The van der Waals surface area contributed by atoms with E-state index in [2.05, 4.69) is 88.2 Å². The molecule has 110 valence electrons. The van der Waals surface area contributed by atoms with Crippen molar-refractivity contribution in [2.45, 2.75) is 30.5 Å². The number of benzene rings is 2. The molecule has 1 unspecified atom stereocenters. The van der Waals surface area contributed by atoms with Gasteiger partial charge in [-0.15, -0.1) is 0 Å². The van der Waals surface area contributed by atoms with E-state index < -0.39 is 0 Å². The molecular formula is C18H18Br2O. The maximum Gasteiger partial charge on any atom is 0.123 e. The van der Waals surface area contributed by atoms with Gasteiger partial charge in [-0.3, -0.25) is 0 Å². The van der Waals surface area contributed by atoms with E-state index in [-0.39, 0.29) is 5.41 Å². The van der Waals surface area contributed by atoms with Gasteiger partial charge in [0.2, 0.25) is 0 Å². The molecule has 1 aliphatic heterocycles. The molecule has 0 bridgehead atoms. The summed E-state index contributed by atoms with van der Waals surface area (Å²) in [7, 11) is 0.